The van der Waals surface area contributed by atoms with E-state index in [1.54, 1.807) is 5.38 Å². The molecular weight excluding hydrogens is 306 g/mol. The lowest BCUT2D eigenvalue weighted by molar-refractivity contribution is 0.0935. The zero-order chi connectivity index (χ0) is 15.2. The molecule has 0 aliphatic rings. The average molecular weight is 324 g/mol. The Morgan fingerprint density at radius 2 is 2.33 bits per heavy atom. The molecule has 0 aliphatic carbocycles. The molecule has 112 valence electrons. The van der Waals surface area contributed by atoms with Gasteiger partial charge in [-0.1, -0.05) is 23.7 Å². The predicted octanol–water partition coefficient (Wildman–Crippen LogP) is 2.66. The van der Waals surface area contributed by atoms with Crippen LogP contribution in [-0.4, -0.2) is 23.5 Å². The van der Waals surface area contributed by atoms with Crippen molar-refractivity contribution in [3.8, 4) is 0 Å². The number of rotatable bonds is 6. The number of hydrogen-bond donors (Lipinski definition) is 2. The highest BCUT2D eigenvalue weighted by atomic mass is 35.5. The fourth-order valence-electron chi connectivity index (χ4n) is 2.02. The Morgan fingerprint density at radius 1 is 1.52 bits per heavy atom. The van der Waals surface area contributed by atoms with Gasteiger partial charge >= 0.3 is 0 Å². The normalized spacial score (nSPS) is 12.1. The highest BCUT2D eigenvalue weighted by Crippen LogP contribution is 2.13. The summed E-state index contributed by atoms with van der Waals surface area (Å²) in [4.78, 5) is 16.4. The fourth-order valence-corrected chi connectivity index (χ4v) is 3.03. The van der Waals surface area contributed by atoms with Crippen LogP contribution in [0.3, 0.4) is 0 Å². The van der Waals surface area contributed by atoms with Crippen LogP contribution in [0.4, 0.5) is 0 Å². The Kier molecular flexibility index (Phi) is 5.73. The van der Waals surface area contributed by atoms with E-state index in [4.69, 9.17) is 17.3 Å². The van der Waals surface area contributed by atoms with Crippen LogP contribution in [0.25, 0.3) is 0 Å². The fraction of sp³-hybridized carbons (Fsp3) is 0.333. The van der Waals surface area contributed by atoms with Gasteiger partial charge in [-0.3, -0.25) is 4.79 Å². The summed E-state index contributed by atoms with van der Waals surface area (Å²) in [7, 11) is 0. The summed E-state index contributed by atoms with van der Waals surface area (Å²) in [5, 5.41) is 6.32. The van der Waals surface area contributed by atoms with E-state index < -0.39 is 0 Å². The zero-order valence-corrected chi connectivity index (χ0v) is 13.4. The minimum absolute atomic E-state index is 0.00984. The molecule has 0 spiro atoms. The quantitative estimate of drug-likeness (QED) is 0.858. The Hall–Kier alpha value is -1.43. The van der Waals surface area contributed by atoms with Crippen molar-refractivity contribution in [3.63, 3.8) is 0 Å². The Labute approximate surface area is 133 Å². The number of carbonyl (C=O) groups is 1. The van der Waals surface area contributed by atoms with Crippen molar-refractivity contribution < 1.29 is 4.79 Å². The monoisotopic (exact) mass is 323 g/mol. The van der Waals surface area contributed by atoms with Crippen molar-refractivity contribution in [2.75, 3.05) is 6.54 Å². The molecule has 0 bridgehead atoms. The van der Waals surface area contributed by atoms with E-state index >= 15 is 0 Å². The van der Waals surface area contributed by atoms with E-state index in [0.717, 1.165) is 17.0 Å². The number of nitrogens with two attached hydrogens (primary N) is 1. The first-order valence-electron chi connectivity index (χ1n) is 6.78. The second-order valence-corrected chi connectivity index (χ2v) is 6.25. The van der Waals surface area contributed by atoms with Gasteiger partial charge in [-0.05, 0) is 37.6 Å². The molecular formula is C15H18ClN3OS. The van der Waals surface area contributed by atoms with Gasteiger partial charge in [-0.25, -0.2) is 4.98 Å². The highest BCUT2D eigenvalue weighted by Gasteiger charge is 2.13. The van der Waals surface area contributed by atoms with Gasteiger partial charge in [0.1, 0.15) is 5.69 Å². The van der Waals surface area contributed by atoms with Crippen molar-refractivity contribution >= 4 is 28.8 Å². The number of hydrogen-bond acceptors (Lipinski definition) is 4. The van der Waals surface area contributed by atoms with Crippen LogP contribution in [0.15, 0.2) is 29.6 Å². The van der Waals surface area contributed by atoms with Gasteiger partial charge in [-0.2, -0.15) is 0 Å². The summed E-state index contributed by atoms with van der Waals surface area (Å²) < 4.78 is 0. The summed E-state index contributed by atoms with van der Waals surface area (Å²) in [5.74, 6) is -0.149. The average Bonchev–Trinajstić information content (AvgIpc) is 2.87. The Balaban J connectivity index is 1.92. The molecule has 0 saturated heterocycles. The smallest absolute Gasteiger partial charge is 0.270 e. The van der Waals surface area contributed by atoms with Gasteiger partial charge in [0.15, 0.2) is 0 Å². The lowest BCUT2D eigenvalue weighted by atomic mass is 10.1. The largest absolute Gasteiger partial charge is 0.348 e. The van der Waals surface area contributed by atoms with E-state index in [9.17, 15) is 4.79 Å². The van der Waals surface area contributed by atoms with Gasteiger partial charge in [0.05, 0.1) is 5.01 Å². The molecule has 4 nitrogen and oxygen atoms in total. The highest BCUT2D eigenvalue weighted by molar-refractivity contribution is 7.09. The minimum atomic E-state index is -0.149. The number of carbonyl (C=O) groups excluding carboxylic acids is 1. The number of benzene rings is 1. The van der Waals surface area contributed by atoms with Gasteiger partial charge < -0.3 is 11.1 Å². The van der Waals surface area contributed by atoms with Crippen molar-refractivity contribution in [1.82, 2.24) is 10.3 Å². The van der Waals surface area contributed by atoms with E-state index in [-0.39, 0.29) is 11.9 Å². The molecule has 21 heavy (non-hydrogen) atoms. The zero-order valence-electron chi connectivity index (χ0n) is 11.8. The van der Waals surface area contributed by atoms with Crippen molar-refractivity contribution in [1.29, 1.82) is 0 Å². The van der Waals surface area contributed by atoms with Gasteiger partial charge in [0, 0.05) is 22.9 Å². The molecule has 3 N–H and O–H groups in total. The number of thiazole rings is 1. The summed E-state index contributed by atoms with van der Waals surface area (Å²) in [5.41, 5.74) is 7.03. The maximum Gasteiger partial charge on any atom is 0.270 e. The third-order valence-corrected chi connectivity index (χ3v) is 4.09. The van der Waals surface area contributed by atoms with Crippen molar-refractivity contribution in [2.45, 2.75) is 25.8 Å². The first-order valence-corrected chi connectivity index (χ1v) is 8.04. The standard InChI is InChI=1S/C15H18ClN3OS/c1-10(7-11-3-2-4-12(16)8-11)18-15(20)13-9-21-14(19-13)5-6-17/h2-4,8-10H,5-7,17H2,1H3,(H,18,20). The van der Waals surface area contributed by atoms with Crippen LogP contribution in [0.2, 0.25) is 5.02 Å². The SMILES string of the molecule is CC(Cc1cccc(Cl)c1)NC(=O)c1csc(CCN)n1. The molecule has 1 aromatic heterocycles. The summed E-state index contributed by atoms with van der Waals surface area (Å²) in [6.07, 6.45) is 1.43. The van der Waals surface area contributed by atoms with Gasteiger partial charge in [0.25, 0.3) is 5.91 Å². The number of nitrogens with one attached hydrogen (secondary N) is 1. The molecule has 1 amide bonds. The van der Waals surface area contributed by atoms with E-state index in [2.05, 4.69) is 10.3 Å². The molecule has 0 saturated carbocycles. The summed E-state index contributed by atoms with van der Waals surface area (Å²) in [6.45, 7) is 2.51. The number of halogens is 1. The molecule has 6 heteroatoms. The maximum atomic E-state index is 12.1. The Bertz CT molecular complexity index is 614. The molecule has 0 fully saturated rings. The second kappa shape index (κ2) is 7.54. The van der Waals surface area contributed by atoms with Crippen LogP contribution in [0, 0.1) is 0 Å². The number of amides is 1. The summed E-state index contributed by atoms with van der Waals surface area (Å²) in [6, 6.07) is 7.66. The second-order valence-electron chi connectivity index (χ2n) is 4.87. The molecule has 1 aromatic carbocycles. The molecule has 0 aliphatic heterocycles. The van der Waals surface area contributed by atoms with E-state index in [0.29, 0.717) is 23.7 Å². The van der Waals surface area contributed by atoms with Gasteiger partial charge in [-0.15, -0.1) is 11.3 Å². The Morgan fingerprint density at radius 3 is 3.05 bits per heavy atom. The predicted molar refractivity (Wildman–Crippen MR) is 87.0 cm³/mol. The summed E-state index contributed by atoms with van der Waals surface area (Å²) >= 11 is 7.42. The molecule has 1 atom stereocenters. The van der Waals surface area contributed by atoms with Crippen LogP contribution < -0.4 is 11.1 Å². The van der Waals surface area contributed by atoms with Crippen LogP contribution in [0.1, 0.15) is 28.0 Å². The molecule has 1 heterocycles. The topological polar surface area (TPSA) is 68.0 Å². The third-order valence-electron chi connectivity index (χ3n) is 2.95. The lowest BCUT2D eigenvalue weighted by Gasteiger charge is -2.13. The van der Waals surface area contributed by atoms with Crippen molar-refractivity contribution in [2.24, 2.45) is 5.73 Å². The number of nitrogens with zero attached hydrogens (tertiary/aromatic N) is 1. The molecule has 2 rings (SSSR count). The number of aromatic nitrogens is 1. The first-order chi connectivity index (χ1) is 10.1. The molecule has 2 aromatic rings. The third kappa shape index (κ3) is 4.81. The van der Waals surface area contributed by atoms with Crippen LogP contribution >= 0.6 is 22.9 Å². The van der Waals surface area contributed by atoms with E-state index in [1.807, 2.05) is 31.2 Å². The van der Waals surface area contributed by atoms with Crippen molar-refractivity contribution in [3.05, 3.63) is 50.9 Å². The van der Waals surface area contributed by atoms with Gasteiger partial charge in [0.2, 0.25) is 0 Å². The maximum absolute atomic E-state index is 12.1. The van der Waals surface area contributed by atoms with Crippen LogP contribution in [0.5, 0.6) is 0 Å². The molecule has 0 radical (unpaired) electrons. The molecule has 1 unspecified atom stereocenters. The van der Waals surface area contributed by atoms with Crippen LogP contribution in [-0.2, 0) is 12.8 Å². The minimum Gasteiger partial charge on any atom is -0.348 e. The lowest BCUT2D eigenvalue weighted by Crippen LogP contribution is -2.34. The van der Waals surface area contributed by atoms with E-state index in [1.165, 1.54) is 11.3 Å². The first kappa shape index (κ1) is 15.9.